The number of nitrogens with zero attached hydrogens (tertiary/aromatic N) is 1. The van der Waals surface area contributed by atoms with Crippen LogP contribution in [0.2, 0.25) is 0 Å². The van der Waals surface area contributed by atoms with Crippen LogP contribution in [0.3, 0.4) is 0 Å². The zero-order chi connectivity index (χ0) is 14.3. The highest BCUT2D eigenvalue weighted by molar-refractivity contribution is 9.10. The van der Waals surface area contributed by atoms with Crippen molar-refractivity contribution in [3.63, 3.8) is 0 Å². The molecule has 2 heterocycles. The SMILES string of the molecule is O=C(O)[C@@H]1CSCN1C(=O)c1cc2cccc(Br)c2o1. The van der Waals surface area contributed by atoms with Crippen molar-refractivity contribution in [2.45, 2.75) is 6.04 Å². The molecule has 1 atom stereocenters. The van der Waals surface area contributed by atoms with E-state index in [9.17, 15) is 9.59 Å². The summed E-state index contributed by atoms with van der Waals surface area (Å²) in [6.45, 7) is 0. The van der Waals surface area contributed by atoms with Gasteiger partial charge in [-0.2, -0.15) is 0 Å². The van der Waals surface area contributed by atoms with Crippen LogP contribution in [0.1, 0.15) is 10.6 Å². The number of hydrogen-bond donors (Lipinski definition) is 1. The minimum Gasteiger partial charge on any atom is -0.480 e. The first kappa shape index (κ1) is 13.5. The third-order valence-electron chi connectivity index (χ3n) is 3.14. The lowest BCUT2D eigenvalue weighted by molar-refractivity contribution is -0.140. The Kier molecular flexibility index (Phi) is 3.47. The number of carbonyl (C=O) groups excluding carboxylic acids is 1. The molecule has 0 radical (unpaired) electrons. The van der Waals surface area contributed by atoms with Gasteiger partial charge in [-0.3, -0.25) is 4.79 Å². The Bertz CT molecular complexity index is 699. The number of carboxylic acid groups (broad SMARTS) is 1. The Morgan fingerprint density at radius 3 is 2.95 bits per heavy atom. The summed E-state index contributed by atoms with van der Waals surface area (Å²) in [6, 6.07) is 6.37. The predicted molar refractivity (Wildman–Crippen MR) is 78.8 cm³/mol. The van der Waals surface area contributed by atoms with Gasteiger partial charge in [0, 0.05) is 11.1 Å². The van der Waals surface area contributed by atoms with E-state index in [4.69, 9.17) is 9.52 Å². The zero-order valence-electron chi connectivity index (χ0n) is 10.2. The first-order valence-corrected chi connectivity index (χ1v) is 7.82. The number of carbonyl (C=O) groups is 2. The van der Waals surface area contributed by atoms with Gasteiger partial charge in [0.15, 0.2) is 5.76 Å². The molecule has 3 rings (SSSR count). The average molecular weight is 356 g/mol. The minimum atomic E-state index is -0.986. The molecule has 2 aromatic rings. The van der Waals surface area contributed by atoms with Crippen molar-refractivity contribution in [2.24, 2.45) is 0 Å². The van der Waals surface area contributed by atoms with Gasteiger partial charge in [0.05, 0.1) is 10.3 Å². The van der Waals surface area contributed by atoms with E-state index < -0.39 is 12.0 Å². The van der Waals surface area contributed by atoms with Crippen molar-refractivity contribution in [1.82, 2.24) is 4.90 Å². The Hall–Kier alpha value is -1.47. The average Bonchev–Trinajstić information content (AvgIpc) is 3.05. The lowest BCUT2D eigenvalue weighted by Gasteiger charge is -2.18. The minimum absolute atomic E-state index is 0.167. The maximum atomic E-state index is 12.4. The van der Waals surface area contributed by atoms with E-state index in [2.05, 4.69) is 15.9 Å². The second kappa shape index (κ2) is 5.14. The molecule has 104 valence electrons. The molecule has 0 bridgehead atoms. The number of hydrogen-bond acceptors (Lipinski definition) is 4. The number of fused-ring (bicyclic) bond motifs is 1. The fraction of sp³-hybridized carbons (Fsp3) is 0.231. The monoisotopic (exact) mass is 355 g/mol. The summed E-state index contributed by atoms with van der Waals surface area (Å²) in [7, 11) is 0. The van der Waals surface area contributed by atoms with Crippen LogP contribution in [-0.4, -0.2) is 39.6 Å². The lowest BCUT2D eigenvalue weighted by atomic mass is 10.2. The largest absolute Gasteiger partial charge is 0.480 e. The molecule has 0 unspecified atom stereocenters. The maximum Gasteiger partial charge on any atom is 0.327 e. The number of aliphatic carboxylic acids is 1. The number of halogens is 1. The van der Waals surface area contributed by atoms with Gasteiger partial charge in [0.2, 0.25) is 0 Å². The van der Waals surface area contributed by atoms with E-state index in [1.54, 1.807) is 6.07 Å². The Morgan fingerprint density at radius 1 is 1.45 bits per heavy atom. The summed E-state index contributed by atoms with van der Waals surface area (Å²) in [5, 5.41) is 9.92. The summed E-state index contributed by atoms with van der Waals surface area (Å²) < 4.78 is 6.32. The fourth-order valence-corrected chi connectivity index (χ4v) is 3.73. The number of carboxylic acids is 1. The second-order valence-corrected chi connectivity index (χ2v) is 6.25. The summed E-state index contributed by atoms with van der Waals surface area (Å²) in [5.74, 6) is -0.425. The van der Waals surface area contributed by atoms with Crippen LogP contribution in [0.5, 0.6) is 0 Å². The van der Waals surface area contributed by atoms with Gasteiger partial charge in [-0.15, -0.1) is 11.8 Å². The predicted octanol–water partition coefficient (Wildman–Crippen LogP) is 2.80. The van der Waals surface area contributed by atoms with Crippen molar-refractivity contribution in [1.29, 1.82) is 0 Å². The van der Waals surface area contributed by atoms with Crippen LogP contribution in [-0.2, 0) is 4.79 Å². The summed E-state index contributed by atoms with van der Waals surface area (Å²) in [5.41, 5.74) is 0.592. The third-order valence-corrected chi connectivity index (χ3v) is 4.77. The van der Waals surface area contributed by atoms with Crippen LogP contribution >= 0.6 is 27.7 Å². The topological polar surface area (TPSA) is 70.8 Å². The molecule has 5 nitrogen and oxygen atoms in total. The van der Waals surface area contributed by atoms with Crippen LogP contribution < -0.4 is 0 Å². The molecule has 1 amide bonds. The zero-order valence-corrected chi connectivity index (χ0v) is 12.6. The van der Waals surface area contributed by atoms with E-state index in [0.29, 0.717) is 17.2 Å². The van der Waals surface area contributed by atoms with Gasteiger partial charge >= 0.3 is 5.97 Å². The van der Waals surface area contributed by atoms with Crippen molar-refractivity contribution in [2.75, 3.05) is 11.6 Å². The standard InChI is InChI=1S/C13H10BrNO4S/c14-8-3-1-2-7-4-10(19-11(7)8)12(16)15-6-20-5-9(15)13(17)18/h1-4,9H,5-6H2,(H,17,18)/t9-/m0/s1. The van der Waals surface area contributed by atoms with Crippen molar-refractivity contribution >= 4 is 50.5 Å². The molecule has 1 N–H and O–H groups in total. The van der Waals surface area contributed by atoms with Crippen molar-refractivity contribution < 1.29 is 19.1 Å². The second-order valence-electron chi connectivity index (χ2n) is 4.40. The molecule has 20 heavy (non-hydrogen) atoms. The van der Waals surface area contributed by atoms with Crippen LogP contribution in [0.15, 0.2) is 33.2 Å². The molecule has 1 aromatic carbocycles. The number of amides is 1. The molecule has 7 heteroatoms. The number of para-hydroxylation sites is 1. The molecule has 1 aliphatic rings. The molecule has 0 aliphatic carbocycles. The highest BCUT2D eigenvalue weighted by atomic mass is 79.9. The van der Waals surface area contributed by atoms with E-state index in [0.717, 1.165) is 9.86 Å². The van der Waals surface area contributed by atoms with Crippen LogP contribution in [0, 0.1) is 0 Å². The van der Waals surface area contributed by atoms with E-state index in [1.807, 2.05) is 18.2 Å². The van der Waals surface area contributed by atoms with Gasteiger partial charge in [-0.1, -0.05) is 12.1 Å². The summed E-state index contributed by atoms with van der Waals surface area (Å²) >= 11 is 4.79. The van der Waals surface area contributed by atoms with Crippen molar-refractivity contribution in [3.8, 4) is 0 Å². The number of rotatable bonds is 2. The smallest absolute Gasteiger partial charge is 0.327 e. The number of benzene rings is 1. The molecule has 1 aromatic heterocycles. The van der Waals surface area contributed by atoms with Gasteiger partial charge in [-0.05, 0) is 28.1 Å². The summed E-state index contributed by atoms with van der Waals surface area (Å²) in [6.07, 6.45) is 0. The highest BCUT2D eigenvalue weighted by Gasteiger charge is 2.36. The normalized spacial score (nSPS) is 18.6. The van der Waals surface area contributed by atoms with E-state index in [1.165, 1.54) is 16.7 Å². The van der Waals surface area contributed by atoms with Gasteiger partial charge in [0.25, 0.3) is 5.91 Å². The molecule has 1 saturated heterocycles. The third kappa shape index (κ3) is 2.20. The van der Waals surface area contributed by atoms with Crippen molar-refractivity contribution in [3.05, 3.63) is 34.5 Å². The first-order valence-electron chi connectivity index (χ1n) is 5.87. The molecule has 1 aliphatic heterocycles. The highest BCUT2D eigenvalue weighted by Crippen LogP contribution is 2.29. The molecular formula is C13H10BrNO4S. The molecule has 0 saturated carbocycles. The Labute approximate surface area is 127 Å². The lowest BCUT2D eigenvalue weighted by Crippen LogP contribution is -2.41. The van der Waals surface area contributed by atoms with E-state index in [-0.39, 0.29) is 11.7 Å². The van der Waals surface area contributed by atoms with Gasteiger partial charge in [0.1, 0.15) is 11.6 Å². The quantitative estimate of drug-likeness (QED) is 0.896. The first-order chi connectivity index (χ1) is 9.58. The number of thioether (sulfide) groups is 1. The Morgan fingerprint density at radius 2 is 2.25 bits per heavy atom. The maximum absolute atomic E-state index is 12.4. The molecular weight excluding hydrogens is 346 g/mol. The Balaban J connectivity index is 1.96. The fourth-order valence-electron chi connectivity index (χ4n) is 2.12. The number of furan rings is 1. The van der Waals surface area contributed by atoms with Crippen LogP contribution in [0.25, 0.3) is 11.0 Å². The van der Waals surface area contributed by atoms with E-state index >= 15 is 0 Å². The summed E-state index contributed by atoms with van der Waals surface area (Å²) in [4.78, 5) is 24.8. The molecule has 0 spiro atoms. The van der Waals surface area contributed by atoms with Gasteiger partial charge in [-0.25, -0.2) is 4.79 Å². The van der Waals surface area contributed by atoms with Gasteiger partial charge < -0.3 is 14.4 Å². The van der Waals surface area contributed by atoms with Crippen LogP contribution in [0.4, 0.5) is 0 Å². The molecule has 1 fully saturated rings.